The Morgan fingerprint density at radius 1 is 0.735 bits per heavy atom. The van der Waals surface area contributed by atoms with Crippen molar-refractivity contribution < 1.29 is 24.5 Å². The van der Waals surface area contributed by atoms with Crippen molar-refractivity contribution in [2.45, 2.75) is 50.2 Å². The molecule has 49 heavy (non-hydrogen) atoms. The predicted octanol–water partition coefficient (Wildman–Crippen LogP) is 5.12. The number of rotatable bonds is 11. The van der Waals surface area contributed by atoms with Gasteiger partial charge in [0.15, 0.2) is 5.82 Å². The van der Waals surface area contributed by atoms with E-state index in [1.54, 1.807) is 35.1 Å². The summed E-state index contributed by atoms with van der Waals surface area (Å²) in [7, 11) is 1.59. The van der Waals surface area contributed by atoms with Crippen LogP contribution in [0.5, 0.6) is 5.75 Å². The third-order valence-corrected chi connectivity index (χ3v) is 8.84. The number of aliphatic hydroxyl groups is 2. The van der Waals surface area contributed by atoms with E-state index in [0.29, 0.717) is 35.5 Å². The maximum Gasteiger partial charge on any atom is 0.321 e. The van der Waals surface area contributed by atoms with Crippen molar-refractivity contribution in [1.29, 1.82) is 0 Å². The molecule has 0 spiro atoms. The summed E-state index contributed by atoms with van der Waals surface area (Å²) in [6, 6.07) is 31.9. The van der Waals surface area contributed by atoms with Crippen molar-refractivity contribution in [3.8, 4) is 5.75 Å². The lowest BCUT2D eigenvalue weighted by Crippen LogP contribution is -2.50. The fourth-order valence-corrected chi connectivity index (χ4v) is 6.34. The molecule has 0 aliphatic carbocycles. The van der Waals surface area contributed by atoms with Crippen LogP contribution in [0.25, 0.3) is 0 Å². The molecule has 5 aromatic rings. The number of methoxy groups -OCH3 is 1. The first kappa shape index (κ1) is 33.3. The molecule has 4 aromatic carbocycles. The predicted molar refractivity (Wildman–Crippen MR) is 186 cm³/mol. The molecular formula is C39H39N5O5. The zero-order chi connectivity index (χ0) is 34.2. The Bertz CT molecular complexity index is 1840. The highest BCUT2D eigenvalue weighted by molar-refractivity contribution is 6.03. The van der Waals surface area contributed by atoms with Gasteiger partial charge in [-0.2, -0.15) is 0 Å². The minimum atomic E-state index is -1.28. The smallest absolute Gasteiger partial charge is 0.321 e. The van der Waals surface area contributed by atoms with Crippen molar-refractivity contribution in [3.05, 3.63) is 156 Å². The lowest BCUT2D eigenvalue weighted by atomic mass is 9.91. The monoisotopic (exact) mass is 657 g/mol. The zero-order valence-electron chi connectivity index (χ0n) is 27.2. The van der Waals surface area contributed by atoms with Gasteiger partial charge < -0.3 is 30.1 Å². The van der Waals surface area contributed by atoms with Gasteiger partial charge in [-0.05, 0) is 59.4 Å². The van der Waals surface area contributed by atoms with E-state index >= 15 is 0 Å². The molecule has 1 aliphatic heterocycles. The molecule has 3 N–H and O–H groups in total. The first-order chi connectivity index (χ1) is 23.9. The van der Waals surface area contributed by atoms with E-state index in [0.717, 1.165) is 16.7 Å². The fraction of sp³-hybridized carbons (Fsp3) is 0.231. The normalized spacial score (nSPS) is 19.3. The van der Waals surface area contributed by atoms with Gasteiger partial charge in [-0.15, -0.1) is 0 Å². The number of ether oxygens (including phenoxy) is 1. The maximum atomic E-state index is 15.0. The summed E-state index contributed by atoms with van der Waals surface area (Å²) >= 11 is 0. The minimum Gasteiger partial charge on any atom is -0.497 e. The van der Waals surface area contributed by atoms with E-state index in [9.17, 15) is 19.8 Å². The van der Waals surface area contributed by atoms with Gasteiger partial charge in [0, 0.05) is 31.0 Å². The third-order valence-electron chi connectivity index (χ3n) is 8.84. The molecule has 1 fully saturated rings. The summed E-state index contributed by atoms with van der Waals surface area (Å²) in [5.41, 5.74) is 3.71. The average Bonchev–Trinajstić information content (AvgIpc) is 3.20. The molecule has 1 saturated heterocycles. The van der Waals surface area contributed by atoms with Crippen LogP contribution in [0, 0.1) is 0 Å². The van der Waals surface area contributed by atoms with Crippen LogP contribution < -0.4 is 10.1 Å². The largest absolute Gasteiger partial charge is 0.497 e. The topological polar surface area (TPSA) is 128 Å². The Kier molecular flexibility index (Phi) is 10.6. The number of carbonyl (C=O) groups excluding carboxylic acids is 2. The number of urea groups is 1. The average molecular weight is 658 g/mol. The van der Waals surface area contributed by atoms with E-state index in [1.807, 2.05) is 91.0 Å². The number of hydrogen-bond acceptors (Lipinski definition) is 7. The Hall–Kier alpha value is -5.58. The number of nitrogens with one attached hydrogen (secondary N) is 1. The lowest BCUT2D eigenvalue weighted by Gasteiger charge is -2.36. The van der Waals surface area contributed by atoms with Gasteiger partial charge in [0.05, 0.1) is 25.4 Å². The van der Waals surface area contributed by atoms with E-state index in [2.05, 4.69) is 15.3 Å². The Morgan fingerprint density at radius 2 is 1.29 bits per heavy atom. The van der Waals surface area contributed by atoms with Crippen LogP contribution in [0.15, 0.2) is 128 Å². The summed E-state index contributed by atoms with van der Waals surface area (Å²) in [4.78, 5) is 39.5. The molecule has 1 aromatic heterocycles. The molecular weight excluding hydrogens is 618 g/mol. The van der Waals surface area contributed by atoms with Gasteiger partial charge in [-0.25, -0.2) is 9.78 Å². The van der Waals surface area contributed by atoms with E-state index in [-0.39, 0.29) is 25.0 Å². The Morgan fingerprint density at radius 3 is 1.84 bits per heavy atom. The number of carbonyl (C=O) groups is 2. The molecule has 4 atom stereocenters. The van der Waals surface area contributed by atoms with Gasteiger partial charge >= 0.3 is 6.03 Å². The standard InChI is InChI=1S/C39H39N5O5/c1-49-32-17-9-15-30(21-32)26-44-34(23-28-12-6-3-7-13-28)37(46)36(45)33(22-27-10-4-2-5-11-27)43(39(44)48)25-29-14-8-16-31(20-29)38(47)42-35-24-40-18-19-41-35/h2-21,24,33-34,36-37,45-46H,22-23,25-26H2,1H3,(H,41,42,47)/t33-,34-,36+,37+/m1/s1. The number of anilines is 1. The summed E-state index contributed by atoms with van der Waals surface area (Å²) in [5.74, 6) is 0.594. The Labute approximate surface area is 285 Å². The van der Waals surface area contributed by atoms with Gasteiger partial charge in [0.1, 0.15) is 18.0 Å². The second-order valence-electron chi connectivity index (χ2n) is 12.1. The minimum absolute atomic E-state index is 0.0824. The van der Waals surface area contributed by atoms with Crippen molar-refractivity contribution in [2.24, 2.45) is 0 Å². The van der Waals surface area contributed by atoms with E-state index in [1.165, 1.54) is 18.6 Å². The van der Waals surface area contributed by atoms with Crippen molar-refractivity contribution >= 4 is 17.8 Å². The molecule has 0 saturated carbocycles. The van der Waals surface area contributed by atoms with E-state index in [4.69, 9.17) is 4.74 Å². The van der Waals surface area contributed by atoms with Gasteiger partial charge in [-0.1, -0.05) is 84.9 Å². The lowest BCUT2D eigenvalue weighted by molar-refractivity contribution is -0.0408. The van der Waals surface area contributed by atoms with E-state index < -0.39 is 24.3 Å². The number of nitrogens with zero attached hydrogens (tertiary/aromatic N) is 4. The first-order valence-corrected chi connectivity index (χ1v) is 16.2. The molecule has 0 bridgehead atoms. The molecule has 0 radical (unpaired) electrons. The number of hydrogen-bond donors (Lipinski definition) is 3. The van der Waals surface area contributed by atoms with Crippen LogP contribution in [0.1, 0.15) is 32.6 Å². The molecule has 10 heteroatoms. The quantitative estimate of drug-likeness (QED) is 0.180. The van der Waals surface area contributed by atoms with Crippen LogP contribution in [0.3, 0.4) is 0 Å². The number of amides is 3. The second-order valence-corrected chi connectivity index (χ2v) is 12.1. The molecule has 1 aliphatic rings. The SMILES string of the molecule is COc1cccc(CN2C(=O)N(Cc3cccc(C(=O)Nc4cnccn4)c3)[C@H](Cc3ccccc3)[C@H](O)[C@@H](O)[C@H]2Cc2ccccc2)c1. The number of aliphatic hydroxyl groups excluding tert-OH is 2. The maximum absolute atomic E-state index is 15.0. The van der Waals surface area contributed by atoms with Gasteiger partial charge in [0.25, 0.3) is 5.91 Å². The summed E-state index contributed by atoms with van der Waals surface area (Å²) in [6.45, 7) is 0.255. The number of benzene rings is 4. The molecule has 6 rings (SSSR count). The highest BCUT2D eigenvalue weighted by Crippen LogP contribution is 2.30. The summed E-state index contributed by atoms with van der Waals surface area (Å²) < 4.78 is 5.46. The van der Waals surface area contributed by atoms with Crippen LogP contribution in [-0.2, 0) is 25.9 Å². The van der Waals surface area contributed by atoms with Gasteiger partial charge in [0.2, 0.25) is 0 Å². The van der Waals surface area contributed by atoms with Crippen LogP contribution in [0.4, 0.5) is 10.6 Å². The van der Waals surface area contributed by atoms with Crippen LogP contribution in [0.2, 0.25) is 0 Å². The zero-order valence-corrected chi connectivity index (χ0v) is 27.2. The van der Waals surface area contributed by atoms with Crippen LogP contribution in [-0.4, -0.2) is 73.3 Å². The molecule has 0 unspecified atom stereocenters. The highest BCUT2D eigenvalue weighted by atomic mass is 16.5. The summed E-state index contributed by atoms with van der Waals surface area (Å²) in [6.07, 6.45) is 2.57. The highest BCUT2D eigenvalue weighted by Gasteiger charge is 2.46. The third kappa shape index (κ3) is 8.11. The van der Waals surface area contributed by atoms with Crippen molar-refractivity contribution in [3.63, 3.8) is 0 Å². The second kappa shape index (κ2) is 15.5. The van der Waals surface area contributed by atoms with Gasteiger partial charge in [-0.3, -0.25) is 9.78 Å². The first-order valence-electron chi connectivity index (χ1n) is 16.2. The van der Waals surface area contributed by atoms with Crippen molar-refractivity contribution in [2.75, 3.05) is 12.4 Å². The molecule has 10 nitrogen and oxygen atoms in total. The molecule has 250 valence electrons. The molecule has 2 heterocycles. The molecule has 3 amide bonds. The van der Waals surface area contributed by atoms with Crippen molar-refractivity contribution in [1.82, 2.24) is 19.8 Å². The fourth-order valence-electron chi connectivity index (χ4n) is 6.34. The van der Waals surface area contributed by atoms with Crippen LogP contribution >= 0.6 is 0 Å². The Balaban J connectivity index is 1.39. The summed E-state index contributed by atoms with van der Waals surface area (Å²) in [5, 5.41) is 26.7. The number of aromatic nitrogens is 2.